The van der Waals surface area contributed by atoms with Gasteiger partial charge in [-0.15, -0.1) is 0 Å². The average Bonchev–Trinajstić information content (AvgIpc) is 3.13. The lowest BCUT2D eigenvalue weighted by Gasteiger charge is -2.36. The second-order valence-corrected chi connectivity index (χ2v) is 6.72. The van der Waals surface area contributed by atoms with E-state index in [-0.39, 0.29) is 0 Å². The molecule has 0 spiro atoms. The van der Waals surface area contributed by atoms with E-state index >= 15 is 0 Å². The van der Waals surface area contributed by atoms with E-state index in [4.69, 9.17) is 10.5 Å². The molecule has 0 atom stereocenters. The molecular formula is C19H25N7O. The first-order valence-corrected chi connectivity index (χ1v) is 9.28. The maximum atomic E-state index is 5.85. The molecule has 0 amide bonds. The van der Waals surface area contributed by atoms with Crippen molar-refractivity contribution in [2.24, 2.45) is 0 Å². The third-order valence-electron chi connectivity index (χ3n) is 5.10. The van der Waals surface area contributed by atoms with E-state index in [1.54, 1.807) is 13.4 Å². The lowest BCUT2D eigenvalue weighted by atomic mass is 10.2. The fourth-order valence-electron chi connectivity index (χ4n) is 3.63. The van der Waals surface area contributed by atoms with Crippen LogP contribution in [0.4, 0.5) is 11.5 Å². The number of ether oxygens (including phenoxy) is 1. The van der Waals surface area contributed by atoms with Crippen LogP contribution in [-0.2, 0) is 6.54 Å². The number of hydrogen-bond acceptors (Lipinski definition) is 7. The van der Waals surface area contributed by atoms with Crippen molar-refractivity contribution in [2.75, 3.05) is 50.5 Å². The summed E-state index contributed by atoms with van der Waals surface area (Å²) in [5.41, 5.74) is 8.52. The van der Waals surface area contributed by atoms with Gasteiger partial charge in [0.25, 0.3) is 0 Å². The van der Waals surface area contributed by atoms with Crippen LogP contribution >= 0.6 is 0 Å². The van der Waals surface area contributed by atoms with Gasteiger partial charge in [0, 0.05) is 32.7 Å². The topological polar surface area (TPSA) is 85.3 Å². The van der Waals surface area contributed by atoms with Gasteiger partial charge in [-0.3, -0.25) is 4.90 Å². The normalized spacial score (nSPS) is 15.4. The number of piperazine rings is 1. The van der Waals surface area contributed by atoms with Gasteiger partial charge in [-0.25, -0.2) is 15.0 Å². The molecule has 0 saturated carbocycles. The molecule has 0 radical (unpaired) electrons. The Labute approximate surface area is 158 Å². The minimum Gasteiger partial charge on any atom is -0.495 e. The first-order chi connectivity index (χ1) is 13.3. The Balaban J connectivity index is 1.29. The van der Waals surface area contributed by atoms with E-state index in [1.165, 1.54) is 12.0 Å². The van der Waals surface area contributed by atoms with E-state index in [0.717, 1.165) is 57.1 Å². The highest BCUT2D eigenvalue weighted by Gasteiger charge is 2.19. The predicted octanol–water partition coefficient (Wildman–Crippen LogP) is 1.63. The van der Waals surface area contributed by atoms with E-state index in [1.807, 2.05) is 12.1 Å². The number of methoxy groups -OCH3 is 1. The van der Waals surface area contributed by atoms with Crippen LogP contribution in [0.15, 0.2) is 36.9 Å². The molecule has 1 aliphatic rings. The molecule has 8 heteroatoms. The number of nitrogen functional groups attached to an aromatic ring is 1. The molecule has 4 rings (SSSR count). The molecule has 1 saturated heterocycles. The van der Waals surface area contributed by atoms with Gasteiger partial charge in [-0.05, 0) is 25.1 Å². The maximum Gasteiger partial charge on any atom is 0.165 e. The SMILES string of the molecule is COc1ccccc1N1CCN(CCCn2cnc3c(N)ncnc32)CC1. The Morgan fingerprint density at radius 1 is 1.04 bits per heavy atom. The largest absolute Gasteiger partial charge is 0.495 e. The van der Waals surface area contributed by atoms with Crippen molar-refractivity contribution < 1.29 is 4.74 Å². The molecular weight excluding hydrogens is 342 g/mol. The summed E-state index contributed by atoms with van der Waals surface area (Å²) in [4.78, 5) is 17.5. The Morgan fingerprint density at radius 3 is 2.67 bits per heavy atom. The van der Waals surface area contributed by atoms with Gasteiger partial charge in [-0.2, -0.15) is 0 Å². The summed E-state index contributed by atoms with van der Waals surface area (Å²) in [6.07, 6.45) is 4.34. The first kappa shape index (κ1) is 17.5. The van der Waals surface area contributed by atoms with Crippen molar-refractivity contribution in [3.8, 4) is 5.75 Å². The number of benzene rings is 1. The molecule has 0 unspecified atom stereocenters. The van der Waals surface area contributed by atoms with Crippen molar-refractivity contribution in [1.29, 1.82) is 0 Å². The Kier molecular flexibility index (Phi) is 5.06. The van der Waals surface area contributed by atoms with Gasteiger partial charge in [0.2, 0.25) is 0 Å². The van der Waals surface area contributed by atoms with Crippen LogP contribution in [-0.4, -0.2) is 64.3 Å². The quantitative estimate of drug-likeness (QED) is 0.709. The standard InChI is InChI=1S/C19H25N7O/c1-27-16-6-3-2-5-15(16)25-11-9-24(10-12-25)7-4-8-26-14-23-17-18(20)21-13-22-19(17)26/h2-3,5-6,13-14H,4,7-12H2,1H3,(H2,20,21,22). The van der Waals surface area contributed by atoms with Gasteiger partial charge >= 0.3 is 0 Å². The number of hydrogen-bond donors (Lipinski definition) is 1. The summed E-state index contributed by atoms with van der Waals surface area (Å²) >= 11 is 0. The number of imidazole rings is 1. The minimum absolute atomic E-state index is 0.436. The summed E-state index contributed by atoms with van der Waals surface area (Å²) in [6.45, 7) is 6.06. The lowest BCUT2D eigenvalue weighted by molar-refractivity contribution is 0.250. The fourth-order valence-corrected chi connectivity index (χ4v) is 3.63. The smallest absolute Gasteiger partial charge is 0.165 e. The second kappa shape index (κ2) is 7.79. The van der Waals surface area contributed by atoms with Crippen molar-refractivity contribution >= 4 is 22.7 Å². The third-order valence-corrected chi connectivity index (χ3v) is 5.10. The number of nitrogens with zero attached hydrogens (tertiary/aromatic N) is 6. The third kappa shape index (κ3) is 3.66. The zero-order chi connectivity index (χ0) is 18.6. The fraction of sp³-hybridized carbons (Fsp3) is 0.421. The monoisotopic (exact) mass is 367 g/mol. The Bertz CT molecular complexity index is 902. The molecule has 0 bridgehead atoms. The summed E-state index contributed by atoms with van der Waals surface area (Å²) in [6, 6.07) is 8.23. The summed E-state index contributed by atoms with van der Waals surface area (Å²) in [5.74, 6) is 1.38. The summed E-state index contributed by atoms with van der Waals surface area (Å²) in [7, 11) is 1.73. The number of aryl methyl sites for hydroxylation is 1. The molecule has 1 aromatic carbocycles. The maximum absolute atomic E-state index is 5.85. The predicted molar refractivity (Wildman–Crippen MR) is 106 cm³/mol. The van der Waals surface area contributed by atoms with E-state index in [9.17, 15) is 0 Å². The van der Waals surface area contributed by atoms with Crippen LogP contribution in [0.1, 0.15) is 6.42 Å². The van der Waals surface area contributed by atoms with Crippen LogP contribution in [0.25, 0.3) is 11.2 Å². The molecule has 8 nitrogen and oxygen atoms in total. The lowest BCUT2D eigenvalue weighted by Crippen LogP contribution is -2.46. The highest BCUT2D eigenvalue weighted by Crippen LogP contribution is 2.28. The summed E-state index contributed by atoms with van der Waals surface area (Å²) < 4.78 is 7.55. The highest BCUT2D eigenvalue weighted by atomic mass is 16.5. The average molecular weight is 367 g/mol. The molecule has 1 aliphatic heterocycles. The second-order valence-electron chi connectivity index (χ2n) is 6.72. The Hall–Kier alpha value is -2.87. The highest BCUT2D eigenvalue weighted by molar-refractivity contribution is 5.81. The number of nitrogens with two attached hydrogens (primary N) is 1. The minimum atomic E-state index is 0.436. The van der Waals surface area contributed by atoms with Gasteiger partial charge in [0.1, 0.15) is 17.6 Å². The van der Waals surface area contributed by atoms with Crippen LogP contribution in [0.3, 0.4) is 0 Å². The molecule has 27 heavy (non-hydrogen) atoms. The van der Waals surface area contributed by atoms with Crippen LogP contribution in [0.2, 0.25) is 0 Å². The van der Waals surface area contributed by atoms with Crippen LogP contribution < -0.4 is 15.4 Å². The molecule has 142 valence electrons. The zero-order valence-electron chi connectivity index (χ0n) is 15.6. The van der Waals surface area contributed by atoms with E-state index in [2.05, 4.69) is 41.5 Å². The molecule has 0 aliphatic carbocycles. The number of anilines is 2. The van der Waals surface area contributed by atoms with Gasteiger partial charge < -0.3 is 19.9 Å². The van der Waals surface area contributed by atoms with E-state index < -0.39 is 0 Å². The van der Waals surface area contributed by atoms with E-state index in [0.29, 0.717) is 11.3 Å². The molecule has 3 heterocycles. The zero-order valence-corrected chi connectivity index (χ0v) is 15.6. The van der Waals surface area contributed by atoms with Crippen molar-refractivity contribution in [3.63, 3.8) is 0 Å². The number of para-hydroxylation sites is 2. The number of aromatic nitrogens is 4. The van der Waals surface area contributed by atoms with Crippen molar-refractivity contribution in [1.82, 2.24) is 24.4 Å². The first-order valence-electron chi connectivity index (χ1n) is 9.28. The summed E-state index contributed by atoms with van der Waals surface area (Å²) in [5, 5.41) is 0. The molecule has 3 aromatic rings. The Morgan fingerprint density at radius 2 is 1.85 bits per heavy atom. The van der Waals surface area contributed by atoms with Crippen LogP contribution in [0.5, 0.6) is 5.75 Å². The molecule has 2 N–H and O–H groups in total. The van der Waals surface area contributed by atoms with Crippen molar-refractivity contribution in [2.45, 2.75) is 13.0 Å². The van der Waals surface area contributed by atoms with Crippen LogP contribution in [0, 0.1) is 0 Å². The van der Waals surface area contributed by atoms with Gasteiger partial charge in [-0.1, -0.05) is 12.1 Å². The molecule has 2 aromatic heterocycles. The number of rotatable bonds is 6. The van der Waals surface area contributed by atoms with Gasteiger partial charge in [0.15, 0.2) is 11.5 Å². The van der Waals surface area contributed by atoms with Gasteiger partial charge in [0.05, 0.1) is 19.1 Å². The van der Waals surface area contributed by atoms with Crippen molar-refractivity contribution in [3.05, 3.63) is 36.9 Å². The number of fused-ring (bicyclic) bond motifs is 1. The molecule has 1 fully saturated rings.